The van der Waals surface area contributed by atoms with Gasteiger partial charge in [0.25, 0.3) is 0 Å². The monoisotopic (exact) mass is 488 g/mol. The van der Waals surface area contributed by atoms with Crippen molar-refractivity contribution in [3.05, 3.63) is 23.5 Å². The van der Waals surface area contributed by atoms with Crippen LogP contribution in [0.2, 0.25) is 0 Å². The van der Waals surface area contributed by atoms with Gasteiger partial charge in [0.05, 0.1) is 0 Å². The van der Waals surface area contributed by atoms with Crippen LogP contribution in [0.15, 0.2) is 0 Å². The molecule has 0 bridgehead atoms. The maximum atomic E-state index is 4.29. The summed E-state index contributed by atoms with van der Waals surface area (Å²) in [7, 11) is 0. The summed E-state index contributed by atoms with van der Waals surface area (Å²) in [5, 5.41) is 8.57. The fourth-order valence-corrected chi connectivity index (χ4v) is 2.30. The van der Waals surface area contributed by atoms with Gasteiger partial charge in [-0.15, -0.1) is 26.2 Å². The Morgan fingerprint density at radius 1 is 0.667 bits per heavy atom. The third-order valence-electron chi connectivity index (χ3n) is 3.93. The average Bonchev–Trinajstić information content (AvgIpc) is 3.15. The normalized spacial score (nSPS) is 21.2. The van der Waals surface area contributed by atoms with Gasteiger partial charge in [-0.2, -0.15) is 27.7 Å². The van der Waals surface area contributed by atoms with Gasteiger partial charge < -0.3 is 23.5 Å². The zero-order valence-electron chi connectivity index (χ0n) is 17.8. The zero-order chi connectivity index (χ0) is 17.4. The fraction of sp³-hybridized carbons (Fsp3) is 0.900. The Labute approximate surface area is 205 Å². The first-order valence-corrected chi connectivity index (χ1v) is 9.18. The van der Waals surface area contributed by atoms with Crippen molar-refractivity contribution < 1.29 is 65.4 Å². The third kappa shape index (κ3) is 22.2. The van der Waals surface area contributed by atoms with Crippen LogP contribution in [0.4, 0.5) is 0 Å². The molecule has 0 saturated carbocycles. The summed E-state index contributed by atoms with van der Waals surface area (Å²) in [5.41, 5.74) is 0. The van der Waals surface area contributed by atoms with Gasteiger partial charge in [-0.3, -0.25) is 0 Å². The van der Waals surface area contributed by atoms with E-state index in [0.29, 0.717) is 0 Å². The molecule has 2 radical (unpaired) electrons. The standard InChI is InChI=1S/2C7H14N.2C3H7.2Y/c2*1-6(2)7-3-4-8-5-7;2*1-3-2;;/h2*6-7H,3-5H2,1-2H3;2*3H,1-2H3;;/q4*-1;;/t2*7-;;;;/m10..../s1. The van der Waals surface area contributed by atoms with Crippen molar-refractivity contribution in [3.8, 4) is 0 Å². The molecule has 4 heteroatoms. The molecule has 2 fully saturated rings. The van der Waals surface area contributed by atoms with Crippen molar-refractivity contribution in [2.75, 3.05) is 26.2 Å². The van der Waals surface area contributed by atoms with E-state index >= 15 is 0 Å². The molecule has 2 saturated heterocycles. The summed E-state index contributed by atoms with van der Waals surface area (Å²) in [5.74, 6) is 3.49. The molecule has 0 aromatic carbocycles. The molecule has 0 aromatic rings. The van der Waals surface area contributed by atoms with Gasteiger partial charge in [-0.25, -0.2) is 0 Å². The molecule has 2 heterocycles. The van der Waals surface area contributed by atoms with Crippen LogP contribution in [0.5, 0.6) is 0 Å². The van der Waals surface area contributed by atoms with E-state index in [1.54, 1.807) is 0 Å². The Morgan fingerprint density at radius 3 is 1.00 bits per heavy atom. The van der Waals surface area contributed by atoms with Crippen molar-refractivity contribution in [1.82, 2.24) is 0 Å². The number of hydrogen-bond donors (Lipinski definition) is 0. The van der Waals surface area contributed by atoms with Gasteiger partial charge in [0.1, 0.15) is 0 Å². The molecule has 2 nitrogen and oxygen atoms in total. The first-order valence-electron chi connectivity index (χ1n) is 9.18. The third-order valence-corrected chi connectivity index (χ3v) is 3.93. The first-order chi connectivity index (χ1) is 10.4. The summed E-state index contributed by atoms with van der Waals surface area (Å²) in [4.78, 5) is 0. The Balaban J connectivity index is -0.000000119. The molecule has 0 aromatic heterocycles. The van der Waals surface area contributed by atoms with Crippen LogP contribution in [0.1, 0.15) is 68.2 Å². The van der Waals surface area contributed by atoms with Crippen molar-refractivity contribution in [2.45, 2.75) is 68.2 Å². The SMILES string of the molecule is CC(C)[C@@H]1CC[N-]C1.CC(C)[C@H]1CC[N-]C1.C[CH-]C.C[CH-]C.[Y].[Y]. The van der Waals surface area contributed by atoms with Crippen LogP contribution in [0, 0.1) is 36.5 Å². The Bertz CT molecular complexity index is 178. The minimum Gasteiger partial charge on any atom is -0.662 e. The van der Waals surface area contributed by atoms with Gasteiger partial charge in [0, 0.05) is 65.4 Å². The Morgan fingerprint density at radius 2 is 0.917 bits per heavy atom. The van der Waals surface area contributed by atoms with Crippen LogP contribution in [-0.4, -0.2) is 26.2 Å². The van der Waals surface area contributed by atoms with Crippen LogP contribution >= 0.6 is 0 Å². The second-order valence-electron chi connectivity index (χ2n) is 7.00. The molecule has 142 valence electrons. The summed E-state index contributed by atoms with van der Waals surface area (Å²) in [6.45, 7) is 21.6. The van der Waals surface area contributed by atoms with Crippen LogP contribution in [-0.2, 0) is 65.4 Å². The largest absolute Gasteiger partial charge is 0.662 e. The second-order valence-corrected chi connectivity index (χ2v) is 7.00. The fourth-order valence-electron chi connectivity index (χ4n) is 2.30. The topological polar surface area (TPSA) is 28.2 Å². The summed E-state index contributed by atoms with van der Waals surface area (Å²) in [6.07, 6.45) is 6.66. The second kappa shape index (κ2) is 25.1. The van der Waals surface area contributed by atoms with E-state index in [-0.39, 0.29) is 65.4 Å². The van der Waals surface area contributed by atoms with Gasteiger partial charge in [-0.05, 0) is 11.8 Å². The molecular formula is C20H42N2Y2-4. The predicted molar refractivity (Wildman–Crippen MR) is 103 cm³/mol. The van der Waals surface area contributed by atoms with Crippen LogP contribution in [0.3, 0.4) is 0 Å². The van der Waals surface area contributed by atoms with Gasteiger partial charge >= 0.3 is 0 Å². The molecule has 0 spiro atoms. The van der Waals surface area contributed by atoms with Crippen molar-refractivity contribution in [2.24, 2.45) is 23.7 Å². The molecule has 24 heavy (non-hydrogen) atoms. The van der Waals surface area contributed by atoms with E-state index in [0.717, 1.165) is 49.9 Å². The molecule has 2 atom stereocenters. The Hall–Kier alpha value is 2.13. The maximum absolute atomic E-state index is 4.29. The summed E-state index contributed by atoms with van der Waals surface area (Å²) in [6, 6.07) is 0. The summed E-state index contributed by atoms with van der Waals surface area (Å²) < 4.78 is 0. The van der Waals surface area contributed by atoms with Crippen molar-refractivity contribution in [3.63, 3.8) is 0 Å². The summed E-state index contributed by atoms with van der Waals surface area (Å²) >= 11 is 0. The molecule has 0 aliphatic carbocycles. The quantitative estimate of drug-likeness (QED) is 0.396. The zero-order valence-corrected chi connectivity index (χ0v) is 23.4. The minimum absolute atomic E-state index is 0. The maximum Gasteiger partial charge on any atom is 0 e. The van der Waals surface area contributed by atoms with Gasteiger partial charge in [0.2, 0.25) is 0 Å². The van der Waals surface area contributed by atoms with E-state index in [1.807, 2.05) is 40.5 Å². The van der Waals surface area contributed by atoms with E-state index in [2.05, 4.69) is 38.3 Å². The minimum atomic E-state index is 0. The van der Waals surface area contributed by atoms with Gasteiger partial charge in [-0.1, -0.05) is 52.4 Å². The number of hydrogen-bond acceptors (Lipinski definition) is 0. The molecule has 0 amide bonds. The van der Waals surface area contributed by atoms with E-state index in [9.17, 15) is 0 Å². The number of rotatable bonds is 2. The predicted octanol–water partition coefficient (Wildman–Crippen LogP) is 6.53. The molecule has 2 rings (SSSR count). The molecule has 0 N–H and O–H groups in total. The van der Waals surface area contributed by atoms with E-state index in [1.165, 1.54) is 12.8 Å². The van der Waals surface area contributed by atoms with Gasteiger partial charge in [0.15, 0.2) is 0 Å². The van der Waals surface area contributed by atoms with Crippen LogP contribution in [0.25, 0.3) is 10.6 Å². The van der Waals surface area contributed by atoms with Crippen molar-refractivity contribution >= 4 is 0 Å². The molecule has 2 aliphatic heterocycles. The van der Waals surface area contributed by atoms with E-state index < -0.39 is 0 Å². The molecular weight excluding hydrogens is 446 g/mol. The van der Waals surface area contributed by atoms with Crippen LogP contribution < -0.4 is 0 Å². The number of nitrogens with zero attached hydrogens (tertiary/aromatic N) is 2. The smallest absolute Gasteiger partial charge is 0 e. The van der Waals surface area contributed by atoms with E-state index in [4.69, 9.17) is 0 Å². The molecule has 2 aliphatic rings. The Kier molecular flexibility index (Phi) is 35.3. The average molecular weight is 488 g/mol. The van der Waals surface area contributed by atoms with Crippen molar-refractivity contribution in [1.29, 1.82) is 0 Å². The first kappa shape index (κ1) is 33.7. The molecule has 0 unspecified atom stereocenters.